The van der Waals surface area contributed by atoms with Crippen molar-refractivity contribution in [2.24, 2.45) is 63.1 Å². The van der Waals surface area contributed by atoms with Gasteiger partial charge in [-0.2, -0.15) is 0 Å². The molecule has 0 heterocycles. The largest absolute Gasteiger partial charge is 0.481 e. The maximum Gasteiger partial charge on any atom is 0.306 e. The molecule has 0 aromatic heterocycles. The molecule has 1 aromatic carbocycles. The van der Waals surface area contributed by atoms with Crippen LogP contribution in [-0.4, -0.2) is 16.9 Å². The Balaban J connectivity index is 1.43. The van der Waals surface area contributed by atoms with E-state index in [2.05, 4.69) is 84.9 Å². The Hall–Kier alpha value is -2.16. The lowest BCUT2D eigenvalue weighted by atomic mass is 9.34. The Bertz CT molecular complexity index is 1270. The van der Waals surface area contributed by atoms with Gasteiger partial charge in [0.1, 0.15) is 0 Å². The number of hydrogen-bond donors (Lipinski definition) is 1. The first-order chi connectivity index (χ1) is 18.8. The molecule has 5 aliphatic rings. The second-order valence-electron chi connectivity index (χ2n) is 15.8. The van der Waals surface area contributed by atoms with Gasteiger partial charge in [-0.1, -0.05) is 90.4 Å². The van der Waals surface area contributed by atoms with Crippen LogP contribution in [-0.2, 0) is 9.59 Å². The molecule has 216 valence electrons. The fourth-order valence-corrected chi connectivity index (χ4v) is 11.6. The fraction of sp³-hybridized carbons (Fsp3) is 0.676. The number of benzene rings is 1. The Labute approximate surface area is 241 Å². The molecule has 10 atom stereocenters. The van der Waals surface area contributed by atoms with Crippen LogP contribution in [0.2, 0.25) is 0 Å². The number of hydrogen-bond acceptors (Lipinski definition) is 2. The third-order valence-corrected chi connectivity index (χ3v) is 14.0. The van der Waals surface area contributed by atoms with Crippen molar-refractivity contribution in [2.75, 3.05) is 0 Å². The van der Waals surface area contributed by atoms with Crippen molar-refractivity contribution in [3.05, 3.63) is 53.1 Å². The summed E-state index contributed by atoms with van der Waals surface area (Å²) in [7, 11) is 0. The third-order valence-electron chi connectivity index (χ3n) is 14.0. The van der Waals surface area contributed by atoms with Crippen LogP contribution in [0.5, 0.6) is 0 Å². The number of aliphatic carboxylic acids is 1. The van der Waals surface area contributed by atoms with Gasteiger partial charge in [0, 0.05) is 5.41 Å². The average Bonchev–Trinajstić information content (AvgIpc) is 2.89. The van der Waals surface area contributed by atoms with Crippen molar-refractivity contribution in [1.29, 1.82) is 0 Å². The van der Waals surface area contributed by atoms with Crippen molar-refractivity contribution >= 4 is 17.8 Å². The van der Waals surface area contributed by atoms with E-state index in [1.165, 1.54) is 0 Å². The zero-order chi connectivity index (χ0) is 28.8. The van der Waals surface area contributed by atoms with Crippen molar-refractivity contribution < 1.29 is 14.7 Å². The van der Waals surface area contributed by atoms with Crippen LogP contribution in [0, 0.1) is 63.1 Å². The number of allylic oxidation sites excluding steroid dienone is 3. The average molecular weight is 543 g/mol. The van der Waals surface area contributed by atoms with Gasteiger partial charge < -0.3 is 5.11 Å². The summed E-state index contributed by atoms with van der Waals surface area (Å²) in [5.74, 6) is 2.01. The zero-order valence-electron chi connectivity index (χ0n) is 25.8. The molecule has 4 unspecified atom stereocenters. The van der Waals surface area contributed by atoms with E-state index in [-0.39, 0.29) is 33.5 Å². The number of ketones is 1. The molecular weight excluding hydrogens is 492 g/mol. The van der Waals surface area contributed by atoms with E-state index < -0.39 is 5.97 Å². The lowest BCUT2D eigenvalue weighted by molar-refractivity contribution is -0.177. The normalized spacial score (nSPS) is 46.9. The van der Waals surface area contributed by atoms with Crippen LogP contribution >= 0.6 is 0 Å². The fourth-order valence-electron chi connectivity index (χ4n) is 11.6. The summed E-state index contributed by atoms with van der Waals surface area (Å²) in [4.78, 5) is 26.4. The lowest BCUT2D eigenvalue weighted by Gasteiger charge is -2.70. The van der Waals surface area contributed by atoms with Gasteiger partial charge in [0.2, 0.25) is 0 Å². The van der Waals surface area contributed by atoms with Gasteiger partial charge in [0.05, 0.1) is 5.92 Å². The lowest BCUT2D eigenvalue weighted by Crippen LogP contribution is -2.64. The number of carbonyl (C=O) groups is 2. The summed E-state index contributed by atoms with van der Waals surface area (Å²) in [6.45, 7) is 16.8. The monoisotopic (exact) mass is 542 g/mol. The molecule has 3 nitrogen and oxygen atoms in total. The van der Waals surface area contributed by atoms with Gasteiger partial charge in [-0.15, -0.1) is 0 Å². The van der Waals surface area contributed by atoms with Crippen LogP contribution in [0.15, 0.2) is 47.6 Å². The van der Waals surface area contributed by atoms with E-state index in [4.69, 9.17) is 0 Å². The Morgan fingerprint density at radius 3 is 2.35 bits per heavy atom. The van der Waals surface area contributed by atoms with Crippen molar-refractivity contribution in [3.63, 3.8) is 0 Å². The maximum atomic E-state index is 14.0. The molecule has 0 radical (unpaired) electrons. The number of fused-ring (bicyclic) bond motifs is 7. The summed E-state index contributed by atoms with van der Waals surface area (Å²) < 4.78 is 0. The number of carbonyl (C=O) groups excluding carboxylic acids is 1. The second kappa shape index (κ2) is 9.17. The minimum absolute atomic E-state index is 0.0436. The summed E-state index contributed by atoms with van der Waals surface area (Å²) in [6, 6.07) is 10.4. The minimum atomic E-state index is -0.585. The number of carboxylic acid groups (broad SMARTS) is 1. The summed E-state index contributed by atoms with van der Waals surface area (Å²) in [5, 5.41) is 10.2. The van der Waals surface area contributed by atoms with Crippen molar-refractivity contribution in [1.82, 2.24) is 0 Å². The molecule has 6 rings (SSSR count). The second-order valence-corrected chi connectivity index (χ2v) is 15.8. The zero-order valence-corrected chi connectivity index (χ0v) is 25.8. The molecule has 40 heavy (non-hydrogen) atoms. The van der Waals surface area contributed by atoms with Crippen LogP contribution in [0.1, 0.15) is 99.0 Å². The molecule has 0 aliphatic heterocycles. The Kier molecular flexibility index (Phi) is 6.41. The Morgan fingerprint density at radius 2 is 1.68 bits per heavy atom. The van der Waals surface area contributed by atoms with Crippen LogP contribution < -0.4 is 0 Å². The highest BCUT2D eigenvalue weighted by molar-refractivity contribution is 6.04. The van der Waals surface area contributed by atoms with E-state index in [0.29, 0.717) is 35.4 Å². The first-order valence-electron chi connectivity index (χ1n) is 16.0. The predicted octanol–water partition coefficient (Wildman–Crippen LogP) is 8.85. The van der Waals surface area contributed by atoms with Gasteiger partial charge in [-0.05, 0) is 114 Å². The topological polar surface area (TPSA) is 54.4 Å². The van der Waals surface area contributed by atoms with Gasteiger partial charge in [0.25, 0.3) is 0 Å². The van der Waals surface area contributed by atoms with Gasteiger partial charge in [-0.25, -0.2) is 0 Å². The molecule has 0 spiro atoms. The standard InChI is InChI=1S/C37H50O3/c1-22-19-27(33(39)40)26-15-17-36(6)28(31(26)23(22)2)13-14-30-35(5)21-25(20-24-11-9-8-10-12-24)32(38)34(3,4)29(35)16-18-37(30,36)7/h8-13,20,22-23,26-27,29-31H,14-19,21H2,1-7H3,(H,39,40)/b25-20-/t22-,23+,26?,27-,29?,30?,31?,35+,36-,37-/m1/s1. The minimum Gasteiger partial charge on any atom is -0.481 e. The molecule has 3 heteroatoms. The van der Waals surface area contributed by atoms with Gasteiger partial charge in [-0.3, -0.25) is 9.59 Å². The maximum absolute atomic E-state index is 14.0. The molecule has 1 aromatic rings. The first-order valence-corrected chi connectivity index (χ1v) is 16.0. The van der Waals surface area contributed by atoms with E-state index in [0.717, 1.165) is 56.1 Å². The van der Waals surface area contributed by atoms with Crippen LogP contribution in [0.4, 0.5) is 0 Å². The van der Waals surface area contributed by atoms with E-state index in [1.807, 2.05) is 6.07 Å². The number of rotatable bonds is 2. The SMILES string of the molecule is C[C@@H]1C[C@@H](C(=O)O)C2CC[C@]3(C)C(=CCC4[C@@]5(C)C/C(=C/c6ccccc6)C(=O)C(C)(C)C5CC[C@]43C)C2[C@H]1C. The third kappa shape index (κ3) is 3.67. The molecule has 4 fully saturated rings. The molecule has 0 amide bonds. The highest BCUT2D eigenvalue weighted by Crippen LogP contribution is 2.74. The van der Waals surface area contributed by atoms with E-state index >= 15 is 0 Å². The van der Waals surface area contributed by atoms with Crippen LogP contribution in [0.25, 0.3) is 6.08 Å². The molecule has 5 aliphatic carbocycles. The summed E-state index contributed by atoms with van der Waals surface area (Å²) >= 11 is 0. The first kappa shape index (κ1) is 28.0. The highest BCUT2D eigenvalue weighted by Gasteiger charge is 2.68. The smallest absolute Gasteiger partial charge is 0.306 e. The number of Topliss-reactive ketones (excluding diaryl/α,β-unsaturated/α-hetero) is 1. The summed E-state index contributed by atoms with van der Waals surface area (Å²) in [5.41, 5.74) is 3.60. The van der Waals surface area contributed by atoms with Crippen LogP contribution in [0.3, 0.4) is 0 Å². The molecular formula is C37H50O3. The quantitative estimate of drug-likeness (QED) is 0.300. The summed E-state index contributed by atoms with van der Waals surface area (Å²) in [6.07, 6.45) is 11.9. The van der Waals surface area contributed by atoms with E-state index in [1.54, 1.807) is 5.57 Å². The van der Waals surface area contributed by atoms with Crippen molar-refractivity contribution in [3.8, 4) is 0 Å². The Morgan fingerprint density at radius 1 is 0.975 bits per heavy atom. The molecule has 1 N–H and O–H groups in total. The number of carboxylic acids is 1. The predicted molar refractivity (Wildman–Crippen MR) is 161 cm³/mol. The molecule has 0 saturated heterocycles. The van der Waals surface area contributed by atoms with Gasteiger partial charge in [0.15, 0.2) is 5.78 Å². The highest BCUT2D eigenvalue weighted by atomic mass is 16.4. The van der Waals surface area contributed by atoms with E-state index in [9.17, 15) is 14.7 Å². The molecule has 0 bridgehead atoms. The van der Waals surface area contributed by atoms with Crippen molar-refractivity contribution in [2.45, 2.75) is 93.4 Å². The molecule has 4 saturated carbocycles. The van der Waals surface area contributed by atoms with Gasteiger partial charge >= 0.3 is 5.97 Å².